The number of fused-ring (bicyclic) bond motifs is 3. The van der Waals surface area contributed by atoms with Crippen molar-refractivity contribution in [2.45, 2.75) is 38.6 Å². The quantitative estimate of drug-likeness (QED) is 0.526. The Bertz CT molecular complexity index is 1130. The first-order valence-corrected chi connectivity index (χ1v) is 10.4. The van der Waals surface area contributed by atoms with Gasteiger partial charge in [-0.2, -0.15) is 0 Å². The summed E-state index contributed by atoms with van der Waals surface area (Å²) in [6.45, 7) is -0.120. The first-order chi connectivity index (χ1) is 14.1. The summed E-state index contributed by atoms with van der Waals surface area (Å²) in [5, 5.41) is 3.41. The lowest BCUT2D eigenvalue weighted by molar-refractivity contribution is -0.116. The number of carbonyl (C=O) groups excluding carboxylic acids is 2. The number of thiophene rings is 1. The minimum atomic E-state index is -0.441. The number of hydrogen-bond donors (Lipinski definition) is 1. The van der Waals surface area contributed by atoms with Crippen molar-refractivity contribution in [1.82, 2.24) is 9.55 Å². The Kier molecular flexibility index (Phi) is 5.44. The third-order valence-electron chi connectivity index (χ3n) is 5.10. The van der Waals surface area contributed by atoms with Crippen LogP contribution in [0.15, 0.2) is 35.4 Å². The van der Waals surface area contributed by atoms with Gasteiger partial charge >= 0.3 is 5.97 Å². The molecule has 8 heteroatoms. The van der Waals surface area contributed by atoms with Gasteiger partial charge in [-0.25, -0.2) is 9.78 Å². The van der Waals surface area contributed by atoms with Crippen LogP contribution in [-0.4, -0.2) is 28.5 Å². The first-order valence-electron chi connectivity index (χ1n) is 9.54. The molecular formula is C21H21N3O4S. The Hall–Kier alpha value is -3.00. The molecule has 0 fully saturated rings. The smallest absolute Gasteiger partial charge is 0.337 e. The summed E-state index contributed by atoms with van der Waals surface area (Å²) in [7, 11) is 1.31. The van der Waals surface area contributed by atoms with E-state index < -0.39 is 5.97 Å². The number of amides is 1. The third-order valence-corrected chi connectivity index (χ3v) is 6.30. The molecule has 7 nitrogen and oxygen atoms in total. The Morgan fingerprint density at radius 3 is 2.69 bits per heavy atom. The van der Waals surface area contributed by atoms with Gasteiger partial charge in [0.05, 0.1) is 24.4 Å². The van der Waals surface area contributed by atoms with Gasteiger partial charge in [-0.1, -0.05) is 6.42 Å². The lowest BCUT2D eigenvalue weighted by atomic mass is 10.1. The van der Waals surface area contributed by atoms with Crippen LogP contribution in [0.1, 0.15) is 40.1 Å². The number of ether oxygens (including phenoxy) is 1. The van der Waals surface area contributed by atoms with Crippen LogP contribution >= 0.6 is 11.3 Å². The van der Waals surface area contributed by atoms with Crippen LogP contribution in [0.3, 0.4) is 0 Å². The van der Waals surface area contributed by atoms with Gasteiger partial charge in [0.25, 0.3) is 5.56 Å². The highest BCUT2D eigenvalue weighted by molar-refractivity contribution is 7.18. The average molecular weight is 411 g/mol. The molecular weight excluding hydrogens is 390 g/mol. The van der Waals surface area contributed by atoms with Crippen molar-refractivity contribution in [3.8, 4) is 0 Å². The third kappa shape index (κ3) is 3.93. The number of carbonyl (C=O) groups is 2. The van der Waals surface area contributed by atoms with Crippen molar-refractivity contribution >= 4 is 39.1 Å². The van der Waals surface area contributed by atoms with Gasteiger partial charge in [0.15, 0.2) is 0 Å². The van der Waals surface area contributed by atoms with Crippen LogP contribution < -0.4 is 10.9 Å². The van der Waals surface area contributed by atoms with Crippen LogP contribution in [-0.2, 0) is 28.9 Å². The molecule has 150 valence electrons. The van der Waals surface area contributed by atoms with E-state index in [4.69, 9.17) is 0 Å². The van der Waals surface area contributed by atoms with E-state index in [9.17, 15) is 14.4 Å². The topological polar surface area (TPSA) is 90.3 Å². The monoisotopic (exact) mass is 411 g/mol. The fourth-order valence-electron chi connectivity index (χ4n) is 3.63. The lowest BCUT2D eigenvalue weighted by Gasteiger charge is -2.08. The van der Waals surface area contributed by atoms with E-state index in [0.29, 0.717) is 16.6 Å². The van der Waals surface area contributed by atoms with Gasteiger partial charge in [-0.05, 0) is 55.5 Å². The van der Waals surface area contributed by atoms with Crippen LogP contribution in [0.5, 0.6) is 0 Å². The molecule has 1 aliphatic carbocycles. The predicted octanol–water partition coefficient (Wildman–Crippen LogP) is 3.15. The molecule has 0 atom stereocenters. The summed E-state index contributed by atoms with van der Waals surface area (Å²) in [4.78, 5) is 43.4. The maximum absolute atomic E-state index is 13.0. The van der Waals surface area contributed by atoms with Crippen molar-refractivity contribution in [2.24, 2.45) is 0 Å². The zero-order valence-electron chi connectivity index (χ0n) is 16.1. The number of anilines is 1. The fourth-order valence-corrected chi connectivity index (χ4v) is 4.85. The number of benzene rings is 1. The lowest BCUT2D eigenvalue weighted by Crippen LogP contribution is -2.28. The molecule has 1 N–H and O–H groups in total. The Balaban J connectivity index is 1.54. The molecule has 0 aliphatic heterocycles. The van der Waals surface area contributed by atoms with Gasteiger partial charge in [0, 0.05) is 10.6 Å². The van der Waals surface area contributed by atoms with Crippen LogP contribution in [0.2, 0.25) is 0 Å². The molecule has 3 aromatic rings. The Labute approximate surface area is 171 Å². The molecule has 1 amide bonds. The Morgan fingerprint density at radius 2 is 1.93 bits per heavy atom. The van der Waals surface area contributed by atoms with E-state index in [1.807, 2.05) is 0 Å². The summed E-state index contributed by atoms with van der Waals surface area (Å²) in [5.41, 5.74) is 1.89. The summed E-state index contributed by atoms with van der Waals surface area (Å²) < 4.78 is 6.01. The molecule has 0 unspecified atom stereocenters. The second-order valence-electron chi connectivity index (χ2n) is 7.04. The minimum Gasteiger partial charge on any atom is -0.465 e. The first kappa shape index (κ1) is 19.3. The second-order valence-corrected chi connectivity index (χ2v) is 8.12. The molecule has 29 heavy (non-hydrogen) atoms. The molecule has 0 saturated carbocycles. The highest BCUT2D eigenvalue weighted by atomic mass is 32.1. The van der Waals surface area contributed by atoms with Crippen molar-refractivity contribution in [3.05, 3.63) is 57.0 Å². The summed E-state index contributed by atoms with van der Waals surface area (Å²) >= 11 is 1.60. The number of methoxy groups -OCH3 is 1. The van der Waals surface area contributed by atoms with E-state index in [1.165, 1.54) is 29.3 Å². The Morgan fingerprint density at radius 1 is 1.17 bits per heavy atom. The van der Waals surface area contributed by atoms with Crippen molar-refractivity contribution in [3.63, 3.8) is 0 Å². The summed E-state index contributed by atoms with van der Waals surface area (Å²) in [6.07, 6.45) is 6.74. The van der Waals surface area contributed by atoms with E-state index in [1.54, 1.807) is 35.6 Å². The predicted molar refractivity (Wildman–Crippen MR) is 112 cm³/mol. The van der Waals surface area contributed by atoms with Gasteiger partial charge in [0.1, 0.15) is 11.4 Å². The molecule has 1 aromatic carbocycles. The molecule has 4 rings (SSSR count). The zero-order valence-corrected chi connectivity index (χ0v) is 16.9. The van der Waals surface area contributed by atoms with E-state index in [2.05, 4.69) is 15.0 Å². The zero-order chi connectivity index (χ0) is 20.4. The number of esters is 1. The van der Waals surface area contributed by atoms with E-state index >= 15 is 0 Å². The molecule has 0 bridgehead atoms. The standard InChI is InChI=1S/C21H21N3O4S/c1-28-21(27)13-7-9-14(10-8-13)23-17(25)11-24-12-22-19-18(20(24)26)15-5-3-2-4-6-16(15)29-19/h7-10,12H,2-6,11H2,1H3,(H,23,25). The normalized spacial score (nSPS) is 13.6. The van der Waals surface area contributed by atoms with Gasteiger partial charge in [-0.15, -0.1) is 11.3 Å². The number of hydrogen-bond acceptors (Lipinski definition) is 6. The average Bonchev–Trinajstić information content (AvgIpc) is 2.92. The van der Waals surface area contributed by atoms with Gasteiger partial charge in [0.2, 0.25) is 5.91 Å². The minimum absolute atomic E-state index is 0.120. The molecule has 0 radical (unpaired) electrons. The number of aryl methyl sites for hydroxylation is 2. The van der Waals surface area contributed by atoms with Crippen LogP contribution in [0.25, 0.3) is 10.2 Å². The number of rotatable bonds is 4. The van der Waals surface area contributed by atoms with Gasteiger partial charge in [-0.3, -0.25) is 14.2 Å². The van der Waals surface area contributed by atoms with Crippen molar-refractivity contribution < 1.29 is 14.3 Å². The SMILES string of the molecule is COC(=O)c1ccc(NC(=O)Cn2cnc3sc4c(c3c2=O)CCCCC4)cc1. The number of aromatic nitrogens is 2. The fraction of sp³-hybridized carbons (Fsp3) is 0.333. The second kappa shape index (κ2) is 8.16. The maximum Gasteiger partial charge on any atom is 0.337 e. The highest BCUT2D eigenvalue weighted by Gasteiger charge is 2.19. The summed E-state index contributed by atoms with van der Waals surface area (Å²) in [6, 6.07) is 6.38. The maximum atomic E-state index is 13.0. The van der Waals surface area contributed by atoms with Crippen molar-refractivity contribution in [1.29, 1.82) is 0 Å². The largest absolute Gasteiger partial charge is 0.465 e. The summed E-state index contributed by atoms with van der Waals surface area (Å²) in [5.74, 6) is -0.774. The molecule has 2 heterocycles. The van der Waals surface area contributed by atoms with Gasteiger partial charge < -0.3 is 10.1 Å². The molecule has 2 aromatic heterocycles. The molecule has 1 aliphatic rings. The van der Waals surface area contributed by atoms with Crippen LogP contribution in [0, 0.1) is 0 Å². The highest BCUT2D eigenvalue weighted by Crippen LogP contribution is 2.32. The van der Waals surface area contributed by atoms with Crippen LogP contribution in [0.4, 0.5) is 5.69 Å². The van der Waals surface area contributed by atoms with E-state index in [0.717, 1.165) is 36.1 Å². The number of nitrogens with zero attached hydrogens (tertiary/aromatic N) is 2. The van der Waals surface area contributed by atoms with E-state index in [-0.39, 0.29) is 18.0 Å². The number of nitrogens with one attached hydrogen (secondary N) is 1. The van der Waals surface area contributed by atoms with Crippen molar-refractivity contribution in [2.75, 3.05) is 12.4 Å². The molecule has 0 spiro atoms. The molecule has 0 saturated heterocycles.